The highest BCUT2D eigenvalue weighted by atomic mass is 32.1. The summed E-state index contributed by atoms with van der Waals surface area (Å²) in [4.78, 5) is 42.0. The predicted molar refractivity (Wildman–Crippen MR) is 101 cm³/mol. The van der Waals surface area contributed by atoms with Gasteiger partial charge in [-0.25, -0.2) is 23.1 Å². The van der Waals surface area contributed by atoms with E-state index in [1.54, 1.807) is 0 Å². The Labute approximate surface area is 181 Å². The first kappa shape index (κ1) is 25.7. The molecule has 1 saturated heterocycles. The lowest BCUT2D eigenvalue weighted by Gasteiger charge is -2.19. The Morgan fingerprint density at radius 1 is 1.16 bits per heavy atom. The van der Waals surface area contributed by atoms with Gasteiger partial charge in [0.1, 0.15) is 24.0 Å². The van der Waals surface area contributed by atoms with Crippen LogP contribution in [0, 0.1) is 10.6 Å². The van der Waals surface area contributed by atoms with Crippen molar-refractivity contribution in [2.24, 2.45) is 0 Å². The second kappa shape index (κ2) is 9.02. The van der Waals surface area contributed by atoms with Crippen LogP contribution in [0.2, 0.25) is 0 Å². The van der Waals surface area contributed by atoms with Crippen molar-refractivity contribution in [1.82, 2.24) is 14.5 Å². The minimum Gasteiger partial charge on any atom is -0.387 e. The van der Waals surface area contributed by atoms with Crippen molar-refractivity contribution >= 4 is 46.7 Å². The van der Waals surface area contributed by atoms with Crippen LogP contribution >= 0.6 is 35.7 Å². The molecule has 3 unspecified atom stereocenters. The van der Waals surface area contributed by atoms with Crippen molar-refractivity contribution < 1.29 is 65.8 Å². The van der Waals surface area contributed by atoms with Gasteiger partial charge in [-0.15, -0.1) is 0 Å². The number of aromatic nitrogens is 3. The van der Waals surface area contributed by atoms with Gasteiger partial charge >= 0.3 is 23.5 Å². The fourth-order valence-electron chi connectivity index (χ4n) is 2.71. The van der Waals surface area contributed by atoms with E-state index in [1.807, 2.05) is 0 Å². The summed E-state index contributed by atoms with van der Waals surface area (Å²) >= 11 is 5.05. The molecule has 1 aliphatic rings. The summed E-state index contributed by atoms with van der Waals surface area (Å²) in [5.74, 6) is -0.687. The van der Waals surface area contributed by atoms with E-state index in [4.69, 9.17) is 31.6 Å². The summed E-state index contributed by atoms with van der Waals surface area (Å²) < 4.78 is 65.2. The van der Waals surface area contributed by atoms with Crippen molar-refractivity contribution in [3.05, 3.63) is 23.0 Å². The maximum absolute atomic E-state index is 13.8. The normalized spacial score (nSPS) is 28.0. The number of phosphoric acid groups is 3. The standard InChI is InChI=1S/C11H15FN3O13P3S/c12-5-1-13-9-4(5)2-15(11(32)14-9)10-8(17)7(16)6(26-10)3-25-30(21,22)28-31(23,24)27-29(18,19)20/h1-2,6-8,10,16-17H,3H2,(H,21,22)(H,23,24)(H,13,14,32)(H2,18,19,20)/t6-,7?,8+,10-/m1/s1. The van der Waals surface area contributed by atoms with Gasteiger partial charge in [0.2, 0.25) is 4.77 Å². The Morgan fingerprint density at radius 3 is 2.44 bits per heavy atom. The van der Waals surface area contributed by atoms with Crippen molar-refractivity contribution in [3.63, 3.8) is 0 Å². The number of fused-ring (bicyclic) bond motifs is 1. The molecule has 2 aromatic heterocycles. The first-order valence-electron chi connectivity index (χ1n) is 8.14. The van der Waals surface area contributed by atoms with Crippen molar-refractivity contribution in [2.45, 2.75) is 24.5 Å². The quantitative estimate of drug-likeness (QED) is 0.174. The number of aromatic amines is 1. The molecule has 0 radical (unpaired) electrons. The van der Waals surface area contributed by atoms with Crippen molar-refractivity contribution in [1.29, 1.82) is 0 Å². The summed E-state index contributed by atoms with van der Waals surface area (Å²) in [6.45, 7) is -1.01. The maximum Gasteiger partial charge on any atom is 0.490 e. The largest absolute Gasteiger partial charge is 0.490 e. The first-order valence-corrected chi connectivity index (χ1v) is 13.1. The Morgan fingerprint density at radius 2 is 1.81 bits per heavy atom. The van der Waals surface area contributed by atoms with E-state index in [-0.39, 0.29) is 15.8 Å². The molecule has 16 nitrogen and oxygen atoms in total. The molecule has 32 heavy (non-hydrogen) atoms. The summed E-state index contributed by atoms with van der Waals surface area (Å²) in [7, 11) is -16.8. The van der Waals surface area contributed by atoms with Crippen LogP contribution in [0.5, 0.6) is 0 Å². The Bertz CT molecular complexity index is 1210. The van der Waals surface area contributed by atoms with E-state index in [2.05, 4.69) is 23.1 Å². The summed E-state index contributed by atoms with van der Waals surface area (Å²) in [5.41, 5.74) is 0.112. The first-order chi connectivity index (χ1) is 14.6. The number of halogens is 1. The molecule has 21 heteroatoms. The molecule has 3 rings (SSSR count). The molecule has 0 amide bonds. The second-order valence-corrected chi connectivity index (χ2v) is 11.0. The van der Waals surface area contributed by atoms with Crippen LogP contribution in [-0.2, 0) is 31.6 Å². The molecular formula is C11H15FN3O13P3S. The highest BCUT2D eigenvalue weighted by Gasteiger charge is 2.46. The fourth-order valence-corrected chi connectivity index (χ4v) is 5.99. The lowest BCUT2D eigenvalue weighted by atomic mass is 10.1. The molecule has 0 spiro atoms. The van der Waals surface area contributed by atoms with E-state index in [9.17, 15) is 33.2 Å². The minimum absolute atomic E-state index is 0.0133. The zero-order valence-electron chi connectivity index (χ0n) is 15.2. The maximum atomic E-state index is 13.8. The van der Waals surface area contributed by atoms with Crippen LogP contribution < -0.4 is 0 Å². The molecule has 1 aliphatic heterocycles. The van der Waals surface area contributed by atoms with Gasteiger partial charge in [0.25, 0.3) is 0 Å². The van der Waals surface area contributed by atoms with E-state index < -0.39 is 60.4 Å². The average molecular weight is 541 g/mol. The SMILES string of the molecule is O=P(O)(O)OP(=O)(O)OP(=O)(O)OC[C@H]1O[C@@H](n2cc3c(F)c[nH]c3nc2=S)[C@@H](O)C1O. The molecule has 3 heterocycles. The molecule has 1 fully saturated rings. The number of nitrogens with zero attached hydrogens (tertiary/aromatic N) is 2. The van der Waals surface area contributed by atoms with E-state index in [1.165, 1.54) is 0 Å². The topological polar surface area (TPSA) is 243 Å². The monoisotopic (exact) mass is 541 g/mol. The predicted octanol–water partition coefficient (Wildman–Crippen LogP) is 0.195. The molecule has 2 aromatic rings. The number of aliphatic hydroxyl groups excluding tert-OH is 2. The van der Waals surface area contributed by atoms with Gasteiger partial charge in [-0.05, 0) is 12.2 Å². The lowest BCUT2D eigenvalue weighted by molar-refractivity contribution is -0.0530. The van der Waals surface area contributed by atoms with Gasteiger partial charge in [-0.2, -0.15) is 8.62 Å². The molecule has 0 aliphatic carbocycles. The Balaban J connectivity index is 1.72. The number of H-pyrrole nitrogens is 1. The number of phosphoric ester groups is 1. The smallest absolute Gasteiger partial charge is 0.387 e. The van der Waals surface area contributed by atoms with Crippen LogP contribution in [0.3, 0.4) is 0 Å². The lowest BCUT2D eigenvalue weighted by Crippen LogP contribution is -2.33. The molecular weight excluding hydrogens is 526 g/mol. The van der Waals surface area contributed by atoms with Gasteiger partial charge in [0.05, 0.1) is 12.0 Å². The summed E-state index contributed by atoms with van der Waals surface area (Å²) in [6, 6.07) is 0. The fraction of sp³-hybridized carbons (Fsp3) is 0.455. The Hall–Kier alpha value is -0.940. The van der Waals surface area contributed by atoms with Gasteiger partial charge < -0.3 is 39.5 Å². The van der Waals surface area contributed by atoms with E-state index in [0.29, 0.717) is 0 Å². The Kier molecular flexibility index (Phi) is 7.24. The molecule has 180 valence electrons. The second-order valence-electron chi connectivity index (χ2n) is 6.26. The summed E-state index contributed by atoms with van der Waals surface area (Å²) in [6.07, 6.45) is -4.24. The number of hydrogen-bond donors (Lipinski definition) is 7. The van der Waals surface area contributed by atoms with Gasteiger partial charge in [-0.3, -0.25) is 9.09 Å². The van der Waals surface area contributed by atoms with E-state index in [0.717, 1.165) is 17.0 Å². The molecule has 0 bridgehead atoms. The number of nitrogens with one attached hydrogen (secondary N) is 1. The van der Waals surface area contributed by atoms with Gasteiger partial charge in [-0.1, -0.05) is 0 Å². The van der Waals surface area contributed by atoms with Gasteiger partial charge in [0.15, 0.2) is 12.0 Å². The number of ether oxygens (including phenoxy) is 1. The van der Waals surface area contributed by atoms with Crippen LogP contribution in [0.15, 0.2) is 12.4 Å². The molecule has 0 aromatic carbocycles. The highest BCUT2D eigenvalue weighted by Crippen LogP contribution is 2.66. The average Bonchev–Trinajstić information content (AvgIpc) is 3.10. The molecule has 7 N–H and O–H groups in total. The third-order valence-corrected chi connectivity index (χ3v) is 8.08. The third-order valence-electron chi connectivity index (χ3n) is 3.97. The van der Waals surface area contributed by atoms with Crippen LogP contribution in [-0.4, -0.2) is 69.2 Å². The van der Waals surface area contributed by atoms with Crippen molar-refractivity contribution in [3.8, 4) is 0 Å². The molecule has 0 saturated carbocycles. The van der Waals surface area contributed by atoms with Crippen LogP contribution in [0.4, 0.5) is 4.39 Å². The highest BCUT2D eigenvalue weighted by molar-refractivity contribution is 7.71. The van der Waals surface area contributed by atoms with Gasteiger partial charge in [0, 0.05) is 12.4 Å². The third kappa shape index (κ3) is 5.94. The van der Waals surface area contributed by atoms with Crippen LogP contribution in [0.1, 0.15) is 6.23 Å². The zero-order chi connectivity index (χ0) is 24.1. The van der Waals surface area contributed by atoms with E-state index >= 15 is 0 Å². The summed E-state index contributed by atoms with van der Waals surface area (Å²) in [5, 5.41) is 20.4. The number of hydrogen-bond acceptors (Lipinski definition) is 11. The number of aliphatic hydroxyl groups is 2. The minimum atomic E-state index is -5.73. The number of rotatable bonds is 8. The van der Waals surface area contributed by atoms with Crippen LogP contribution in [0.25, 0.3) is 11.0 Å². The molecule has 6 atom stereocenters. The zero-order valence-corrected chi connectivity index (χ0v) is 18.7. The van der Waals surface area contributed by atoms with Crippen molar-refractivity contribution in [2.75, 3.05) is 6.61 Å².